The summed E-state index contributed by atoms with van der Waals surface area (Å²) in [6.45, 7) is 5.14. The molecule has 0 bridgehead atoms. The second kappa shape index (κ2) is 7.64. The van der Waals surface area contributed by atoms with Gasteiger partial charge in [-0.3, -0.25) is 0 Å². The summed E-state index contributed by atoms with van der Waals surface area (Å²) in [5.74, 6) is 0. The highest BCUT2D eigenvalue weighted by molar-refractivity contribution is 9.10. The molecule has 0 aliphatic heterocycles. The number of halogens is 3. The van der Waals surface area contributed by atoms with Crippen molar-refractivity contribution in [2.75, 3.05) is 6.54 Å². The molecule has 21 heavy (non-hydrogen) atoms. The Kier molecular flexibility index (Phi) is 6.12. The molecule has 0 radical (unpaired) electrons. The van der Waals surface area contributed by atoms with Crippen molar-refractivity contribution in [2.24, 2.45) is 0 Å². The van der Waals surface area contributed by atoms with E-state index in [-0.39, 0.29) is 6.04 Å². The van der Waals surface area contributed by atoms with Crippen LogP contribution in [-0.4, -0.2) is 6.54 Å². The van der Waals surface area contributed by atoms with Crippen molar-refractivity contribution in [1.82, 2.24) is 5.32 Å². The van der Waals surface area contributed by atoms with Gasteiger partial charge in [0.05, 0.1) is 6.04 Å². The monoisotopic (exact) mass is 385 g/mol. The van der Waals surface area contributed by atoms with E-state index in [1.165, 1.54) is 11.1 Å². The van der Waals surface area contributed by atoms with E-state index in [0.29, 0.717) is 5.02 Å². The fourth-order valence-corrected chi connectivity index (χ4v) is 3.02. The number of hydrogen-bond acceptors (Lipinski definition) is 1. The SMILES string of the molecule is CCCNC(c1ccc(C)c(Br)c1)c1cc(Cl)ccc1Cl. The Balaban J connectivity index is 2.46. The Labute approximate surface area is 144 Å². The molecule has 0 spiro atoms. The van der Waals surface area contributed by atoms with Crippen LogP contribution in [0.4, 0.5) is 0 Å². The van der Waals surface area contributed by atoms with E-state index in [1.807, 2.05) is 18.2 Å². The topological polar surface area (TPSA) is 12.0 Å². The molecule has 1 atom stereocenters. The van der Waals surface area contributed by atoms with Crippen molar-refractivity contribution in [3.63, 3.8) is 0 Å². The number of hydrogen-bond donors (Lipinski definition) is 1. The van der Waals surface area contributed by atoms with Crippen LogP contribution in [0.15, 0.2) is 40.9 Å². The summed E-state index contributed by atoms with van der Waals surface area (Å²) in [5.41, 5.74) is 3.39. The minimum atomic E-state index is 0.0352. The molecule has 0 heterocycles. The molecule has 112 valence electrons. The maximum absolute atomic E-state index is 6.38. The Hall–Kier alpha value is -0.540. The second-order valence-electron chi connectivity index (χ2n) is 5.06. The molecule has 0 fully saturated rings. The molecule has 1 nitrogen and oxygen atoms in total. The van der Waals surface area contributed by atoms with Gasteiger partial charge in [0.1, 0.15) is 0 Å². The van der Waals surface area contributed by atoms with Crippen molar-refractivity contribution < 1.29 is 0 Å². The molecule has 0 saturated carbocycles. The van der Waals surface area contributed by atoms with Gasteiger partial charge in [0, 0.05) is 14.5 Å². The van der Waals surface area contributed by atoms with E-state index < -0.39 is 0 Å². The highest BCUT2D eigenvalue weighted by Crippen LogP contribution is 2.32. The lowest BCUT2D eigenvalue weighted by Crippen LogP contribution is -2.23. The molecule has 0 saturated heterocycles. The third-order valence-electron chi connectivity index (χ3n) is 3.40. The van der Waals surface area contributed by atoms with Gasteiger partial charge in [-0.25, -0.2) is 0 Å². The Bertz CT molecular complexity index is 628. The average Bonchev–Trinajstić information content (AvgIpc) is 2.46. The van der Waals surface area contributed by atoms with Gasteiger partial charge in [0.15, 0.2) is 0 Å². The van der Waals surface area contributed by atoms with Gasteiger partial charge in [-0.2, -0.15) is 0 Å². The molecular weight excluding hydrogens is 369 g/mol. The lowest BCUT2D eigenvalue weighted by molar-refractivity contribution is 0.598. The fourth-order valence-electron chi connectivity index (χ4n) is 2.22. The van der Waals surface area contributed by atoms with Gasteiger partial charge < -0.3 is 5.32 Å². The second-order valence-corrected chi connectivity index (χ2v) is 6.76. The van der Waals surface area contributed by atoms with Crippen LogP contribution in [0, 0.1) is 6.92 Å². The van der Waals surface area contributed by atoms with Crippen LogP contribution in [0.1, 0.15) is 36.1 Å². The minimum absolute atomic E-state index is 0.0352. The molecule has 1 N–H and O–H groups in total. The molecule has 0 aliphatic rings. The molecule has 0 aliphatic carbocycles. The van der Waals surface area contributed by atoms with Gasteiger partial charge in [-0.05, 0) is 60.8 Å². The van der Waals surface area contributed by atoms with E-state index in [4.69, 9.17) is 23.2 Å². The minimum Gasteiger partial charge on any atom is -0.306 e. The predicted octanol–water partition coefficient (Wildman–Crippen LogP) is 6.15. The van der Waals surface area contributed by atoms with Crippen molar-refractivity contribution in [1.29, 1.82) is 0 Å². The molecular formula is C17H18BrCl2N. The standard InChI is InChI=1S/C17H18BrCl2N/c1-3-8-21-17(12-5-4-11(2)15(18)9-12)14-10-13(19)6-7-16(14)20/h4-7,9-10,17,21H,3,8H2,1-2H3. The molecule has 2 aromatic rings. The zero-order chi connectivity index (χ0) is 15.4. The molecule has 2 rings (SSSR count). The highest BCUT2D eigenvalue weighted by atomic mass is 79.9. The Morgan fingerprint density at radius 1 is 1.14 bits per heavy atom. The largest absolute Gasteiger partial charge is 0.306 e. The van der Waals surface area contributed by atoms with Crippen LogP contribution in [0.3, 0.4) is 0 Å². The summed E-state index contributed by atoms with van der Waals surface area (Å²) in [7, 11) is 0. The molecule has 0 aromatic heterocycles. The zero-order valence-electron chi connectivity index (χ0n) is 12.1. The van der Waals surface area contributed by atoms with Crippen molar-refractivity contribution in [2.45, 2.75) is 26.3 Å². The summed E-state index contributed by atoms with van der Waals surface area (Å²) < 4.78 is 1.10. The molecule has 0 amide bonds. The van der Waals surface area contributed by atoms with Gasteiger partial charge in [0.2, 0.25) is 0 Å². The molecule has 1 unspecified atom stereocenters. The van der Waals surface area contributed by atoms with Gasteiger partial charge in [-0.1, -0.05) is 58.2 Å². The first-order valence-electron chi connectivity index (χ1n) is 6.97. The zero-order valence-corrected chi connectivity index (χ0v) is 15.2. The maximum Gasteiger partial charge on any atom is 0.0592 e. The first-order valence-corrected chi connectivity index (χ1v) is 8.52. The number of nitrogens with one attached hydrogen (secondary N) is 1. The molecule has 4 heteroatoms. The fraction of sp³-hybridized carbons (Fsp3) is 0.294. The van der Waals surface area contributed by atoms with Gasteiger partial charge in [0.25, 0.3) is 0 Å². The average molecular weight is 387 g/mol. The smallest absolute Gasteiger partial charge is 0.0592 e. The molecule has 2 aromatic carbocycles. The summed E-state index contributed by atoms with van der Waals surface area (Å²) >= 11 is 16.1. The van der Waals surface area contributed by atoms with Crippen molar-refractivity contribution >= 4 is 39.1 Å². The van der Waals surface area contributed by atoms with Crippen LogP contribution in [0.5, 0.6) is 0 Å². The first-order chi connectivity index (χ1) is 10.0. The van der Waals surface area contributed by atoms with Crippen molar-refractivity contribution in [3.05, 3.63) is 67.6 Å². The van der Waals surface area contributed by atoms with E-state index in [9.17, 15) is 0 Å². The lowest BCUT2D eigenvalue weighted by Gasteiger charge is -2.21. The van der Waals surface area contributed by atoms with Gasteiger partial charge >= 0.3 is 0 Å². The summed E-state index contributed by atoms with van der Waals surface area (Å²) in [5, 5.41) is 4.98. The number of aryl methyl sites for hydroxylation is 1. The normalized spacial score (nSPS) is 12.4. The van der Waals surface area contributed by atoms with Crippen LogP contribution in [0.25, 0.3) is 0 Å². The van der Waals surface area contributed by atoms with Crippen LogP contribution < -0.4 is 5.32 Å². The first kappa shape index (κ1) is 16.8. The quantitative estimate of drug-likeness (QED) is 0.649. The lowest BCUT2D eigenvalue weighted by atomic mass is 9.97. The van der Waals surface area contributed by atoms with E-state index >= 15 is 0 Å². The third-order valence-corrected chi connectivity index (χ3v) is 4.83. The third kappa shape index (κ3) is 4.23. The highest BCUT2D eigenvalue weighted by Gasteiger charge is 2.17. The van der Waals surface area contributed by atoms with E-state index in [2.05, 4.69) is 53.3 Å². The summed E-state index contributed by atoms with van der Waals surface area (Å²) in [6.07, 6.45) is 1.06. The number of rotatable bonds is 5. The number of benzene rings is 2. The van der Waals surface area contributed by atoms with E-state index in [0.717, 1.165) is 28.0 Å². The summed E-state index contributed by atoms with van der Waals surface area (Å²) in [6, 6.07) is 12.0. The Morgan fingerprint density at radius 2 is 1.90 bits per heavy atom. The maximum atomic E-state index is 6.38. The van der Waals surface area contributed by atoms with E-state index in [1.54, 1.807) is 0 Å². The van der Waals surface area contributed by atoms with Crippen LogP contribution in [0.2, 0.25) is 10.0 Å². The van der Waals surface area contributed by atoms with Gasteiger partial charge in [-0.15, -0.1) is 0 Å². The van der Waals surface area contributed by atoms with Crippen LogP contribution >= 0.6 is 39.1 Å². The predicted molar refractivity (Wildman–Crippen MR) is 95.5 cm³/mol. The van der Waals surface area contributed by atoms with Crippen LogP contribution in [-0.2, 0) is 0 Å². The summed E-state index contributed by atoms with van der Waals surface area (Å²) in [4.78, 5) is 0. The Morgan fingerprint density at radius 3 is 2.57 bits per heavy atom. The van der Waals surface area contributed by atoms with Crippen molar-refractivity contribution in [3.8, 4) is 0 Å².